The molecule has 0 radical (unpaired) electrons. The predicted molar refractivity (Wildman–Crippen MR) is 51.1 cm³/mol. The molecule has 2 rings (SSSR count). The summed E-state index contributed by atoms with van der Waals surface area (Å²) in [7, 11) is 1.90. The summed E-state index contributed by atoms with van der Waals surface area (Å²) >= 11 is 0. The number of carbonyl (C=O) groups is 1. The minimum absolute atomic E-state index is 0.0631. The molecule has 1 amide bonds. The Morgan fingerprint density at radius 3 is 2.85 bits per heavy atom. The maximum absolute atomic E-state index is 11.9. The third kappa shape index (κ3) is 1.35. The fraction of sp³-hybridized carbons (Fsp3) is 0.900. The van der Waals surface area contributed by atoms with Crippen LogP contribution in [0.5, 0.6) is 0 Å². The Balaban J connectivity index is 2.15. The van der Waals surface area contributed by atoms with Crippen LogP contribution in [0.2, 0.25) is 0 Å². The molecule has 13 heavy (non-hydrogen) atoms. The van der Waals surface area contributed by atoms with Gasteiger partial charge in [0.2, 0.25) is 5.91 Å². The van der Waals surface area contributed by atoms with Crippen molar-refractivity contribution in [1.29, 1.82) is 0 Å². The van der Waals surface area contributed by atoms with Gasteiger partial charge in [0, 0.05) is 19.6 Å². The Morgan fingerprint density at radius 1 is 1.54 bits per heavy atom. The molecule has 2 atom stereocenters. The van der Waals surface area contributed by atoms with E-state index in [0.29, 0.717) is 5.91 Å². The van der Waals surface area contributed by atoms with Crippen LogP contribution in [0.3, 0.4) is 0 Å². The first kappa shape index (κ1) is 9.00. The summed E-state index contributed by atoms with van der Waals surface area (Å²) in [6.07, 6.45) is 5.22. The van der Waals surface area contributed by atoms with E-state index in [0.717, 1.165) is 38.6 Å². The van der Waals surface area contributed by atoms with Crippen molar-refractivity contribution >= 4 is 5.91 Å². The Morgan fingerprint density at radius 2 is 2.31 bits per heavy atom. The van der Waals surface area contributed by atoms with Crippen LogP contribution in [0.25, 0.3) is 0 Å². The van der Waals surface area contributed by atoms with E-state index in [1.165, 1.54) is 0 Å². The second-order valence-electron chi connectivity index (χ2n) is 4.61. The van der Waals surface area contributed by atoms with Crippen LogP contribution in [0, 0.1) is 5.41 Å². The topological polar surface area (TPSA) is 46.3 Å². The second-order valence-corrected chi connectivity index (χ2v) is 4.61. The van der Waals surface area contributed by atoms with Crippen molar-refractivity contribution < 1.29 is 4.79 Å². The number of carbonyl (C=O) groups excluding carboxylic acids is 1. The molecule has 1 aliphatic heterocycles. The van der Waals surface area contributed by atoms with Crippen molar-refractivity contribution in [3.05, 3.63) is 0 Å². The molecule has 1 saturated heterocycles. The molecular formula is C10H18N2O. The minimum Gasteiger partial charge on any atom is -0.345 e. The van der Waals surface area contributed by atoms with Gasteiger partial charge in [-0.15, -0.1) is 0 Å². The first-order valence-corrected chi connectivity index (χ1v) is 5.15. The van der Waals surface area contributed by atoms with E-state index in [9.17, 15) is 4.79 Å². The Bertz CT molecular complexity index is 225. The quantitative estimate of drug-likeness (QED) is 0.600. The molecule has 1 spiro atoms. The Hall–Kier alpha value is -0.570. The molecule has 3 heteroatoms. The average Bonchev–Trinajstić information content (AvgIpc) is 2.35. The van der Waals surface area contributed by atoms with Gasteiger partial charge in [-0.25, -0.2) is 0 Å². The molecule has 2 N–H and O–H groups in total. The molecule has 1 aliphatic carbocycles. The largest absolute Gasteiger partial charge is 0.345 e. The minimum atomic E-state index is -0.0631. The van der Waals surface area contributed by atoms with E-state index in [2.05, 4.69) is 0 Å². The van der Waals surface area contributed by atoms with Crippen LogP contribution in [-0.2, 0) is 4.79 Å². The zero-order valence-electron chi connectivity index (χ0n) is 8.25. The first-order chi connectivity index (χ1) is 6.14. The SMILES string of the molecule is CN1CC[C@]2(CCC[C@H](N)C2)C1=O. The lowest BCUT2D eigenvalue weighted by molar-refractivity contribution is -0.136. The van der Waals surface area contributed by atoms with Gasteiger partial charge in [-0.2, -0.15) is 0 Å². The van der Waals surface area contributed by atoms with E-state index in [1.807, 2.05) is 11.9 Å². The summed E-state index contributed by atoms with van der Waals surface area (Å²) < 4.78 is 0. The maximum atomic E-state index is 11.9. The molecule has 0 bridgehead atoms. The number of nitrogens with two attached hydrogens (primary N) is 1. The van der Waals surface area contributed by atoms with Crippen molar-refractivity contribution in [2.24, 2.45) is 11.1 Å². The molecule has 1 saturated carbocycles. The van der Waals surface area contributed by atoms with Crippen LogP contribution in [0.4, 0.5) is 0 Å². The lowest BCUT2D eigenvalue weighted by Crippen LogP contribution is -2.41. The normalized spacial score (nSPS) is 40.3. The molecule has 0 aromatic carbocycles. The number of likely N-dealkylation sites (tertiary alicyclic amines) is 1. The third-order valence-electron chi connectivity index (χ3n) is 3.61. The van der Waals surface area contributed by atoms with Crippen molar-refractivity contribution in [3.63, 3.8) is 0 Å². The summed E-state index contributed by atoms with van der Waals surface area (Å²) in [6.45, 7) is 0.922. The van der Waals surface area contributed by atoms with E-state index in [4.69, 9.17) is 5.73 Å². The van der Waals surface area contributed by atoms with Gasteiger partial charge in [0.25, 0.3) is 0 Å². The van der Waals surface area contributed by atoms with Crippen LogP contribution in [0.15, 0.2) is 0 Å². The molecule has 0 unspecified atom stereocenters. The van der Waals surface area contributed by atoms with Crippen LogP contribution >= 0.6 is 0 Å². The Kier molecular flexibility index (Phi) is 2.06. The fourth-order valence-electron chi connectivity index (χ4n) is 2.83. The summed E-state index contributed by atoms with van der Waals surface area (Å²) in [5.41, 5.74) is 5.86. The highest BCUT2D eigenvalue weighted by Gasteiger charge is 2.47. The van der Waals surface area contributed by atoms with Gasteiger partial charge >= 0.3 is 0 Å². The van der Waals surface area contributed by atoms with Crippen LogP contribution < -0.4 is 5.73 Å². The summed E-state index contributed by atoms with van der Waals surface area (Å²) in [4.78, 5) is 13.8. The third-order valence-corrected chi connectivity index (χ3v) is 3.61. The van der Waals surface area contributed by atoms with Crippen LogP contribution in [0.1, 0.15) is 32.1 Å². The predicted octanol–water partition coefficient (Wildman–Crippen LogP) is 0.736. The van der Waals surface area contributed by atoms with E-state index in [1.54, 1.807) is 0 Å². The van der Waals surface area contributed by atoms with Gasteiger partial charge < -0.3 is 10.6 Å². The van der Waals surface area contributed by atoms with Gasteiger partial charge in [0.05, 0.1) is 5.41 Å². The zero-order chi connectivity index (χ0) is 9.47. The monoisotopic (exact) mass is 182 g/mol. The van der Waals surface area contributed by atoms with E-state index >= 15 is 0 Å². The highest BCUT2D eigenvalue weighted by molar-refractivity contribution is 5.84. The number of hydrogen-bond donors (Lipinski definition) is 1. The van der Waals surface area contributed by atoms with Gasteiger partial charge in [0.1, 0.15) is 0 Å². The molecule has 74 valence electrons. The average molecular weight is 182 g/mol. The van der Waals surface area contributed by atoms with Gasteiger partial charge in [-0.05, 0) is 25.7 Å². The zero-order valence-corrected chi connectivity index (χ0v) is 8.25. The molecule has 2 fully saturated rings. The molecular weight excluding hydrogens is 164 g/mol. The lowest BCUT2D eigenvalue weighted by atomic mass is 9.71. The van der Waals surface area contributed by atoms with Gasteiger partial charge in [-0.3, -0.25) is 4.79 Å². The lowest BCUT2D eigenvalue weighted by Gasteiger charge is -2.34. The highest BCUT2D eigenvalue weighted by atomic mass is 16.2. The Labute approximate surface area is 79.3 Å². The van der Waals surface area contributed by atoms with Crippen molar-refractivity contribution in [3.8, 4) is 0 Å². The van der Waals surface area contributed by atoms with Gasteiger partial charge in [-0.1, -0.05) is 6.42 Å². The summed E-state index contributed by atoms with van der Waals surface area (Å²) in [6, 6.07) is 0.254. The number of hydrogen-bond acceptors (Lipinski definition) is 2. The summed E-state index contributed by atoms with van der Waals surface area (Å²) in [5, 5.41) is 0. The van der Waals surface area contributed by atoms with Crippen LogP contribution in [-0.4, -0.2) is 30.4 Å². The smallest absolute Gasteiger partial charge is 0.228 e. The molecule has 1 heterocycles. The van der Waals surface area contributed by atoms with Crippen molar-refractivity contribution in [2.45, 2.75) is 38.1 Å². The van der Waals surface area contributed by atoms with Gasteiger partial charge in [0.15, 0.2) is 0 Å². The summed E-state index contributed by atoms with van der Waals surface area (Å²) in [5.74, 6) is 0.336. The fourth-order valence-corrected chi connectivity index (χ4v) is 2.83. The molecule has 0 aromatic heterocycles. The van der Waals surface area contributed by atoms with E-state index < -0.39 is 0 Å². The molecule has 2 aliphatic rings. The standard InChI is InChI=1S/C10H18N2O/c1-12-6-5-10(9(12)13)4-2-3-8(11)7-10/h8H,2-7,11H2,1H3/t8-,10-/m0/s1. The van der Waals surface area contributed by atoms with E-state index in [-0.39, 0.29) is 11.5 Å². The van der Waals surface area contributed by atoms with Crippen molar-refractivity contribution in [2.75, 3.05) is 13.6 Å². The van der Waals surface area contributed by atoms with Crippen molar-refractivity contribution in [1.82, 2.24) is 4.90 Å². The maximum Gasteiger partial charge on any atom is 0.228 e. The first-order valence-electron chi connectivity index (χ1n) is 5.15. The number of rotatable bonds is 0. The number of amides is 1. The highest BCUT2D eigenvalue weighted by Crippen LogP contribution is 2.43. The molecule has 3 nitrogen and oxygen atoms in total. The second kappa shape index (κ2) is 2.98. The molecule has 0 aromatic rings. The number of nitrogens with zero attached hydrogens (tertiary/aromatic N) is 1.